The van der Waals surface area contributed by atoms with Gasteiger partial charge < -0.3 is 19.7 Å². The Morgan fingerprint density at radius 2 is 1.83 bits per heavy atom. The number of fused-ring (bicyclic) bond motifs is 1. The lowest BCUT2D eigenvalue weighted by molar-refractivity contribution is 0.169. The van der Waals surface area contributed by atoms with Gasteiger partial charge in [0.15, 0.2) is 6.10 Å². The zero-order valence-corrected chi connectivity index (χ0v) is 20.7. The van der Waals surface area contributed by atoms with Crippen molar-refractivity contribution in [1.82, 2.24) is 4.90 Å². The van der Waals surface area contributed by atoms with E-state index in [0.29, 0.717) is 29.0 Å². The number of ether oxygens (including phenoxy) is 2. The van der Waals surface area contributed by atoms with Gasteiger partial charge in [0.25, 0.3) is 0 Å². The first-order chi connectivity index (χ1) is 16.9. The maximum atomic E-state index is 10.1. The molecule has 0 aliphatic carbocycles. The fourth-order valence-corrected chi connectivity index (χ4v) is 5.21. The Morgan fingerprint density at radius 1 is 1.06 bits per heavy atom. The molecule has 2 N–H and O–H groups in total. The first-order valence-electron chi connectivity index (χ1n) is 12.0. The fourth-order valence-electron chi connectivity index (χ4n) is 4.86. The Labute approximate surface area is 211 Å². The standard InChI is InChI=1S/C29H30ClNO4/c1-18-12-13-31(16-18)19(2)17-34-24-9-6-20(7-10-24)29-27(21-4-3-5-22(32)14-21)28(30)25-15-23(33)8-11-26(25)35-29/h3-11,14-15,18-19,29,32-33H,12-13,16-17H2,1-2H3/t18-,19+,29?/m1/s1. The monoisotopic (exact) mass is 491 g/mol. The second-order valence-corrected chi connectivity index (χ2v) is 9.95. The van der Waals surface area contributed by atoms with Crippen molar-refractivity contribution in [3.05, 3.63) is 83.4 Å². The van der Waals surface area contributed by atoms with Crippen molar-refractivity contribution in [2.24, 2.45) is 5.92 Å². The molecule has 0 radical (unpaired) electrons. The smallest absolute Gasteiger partial charge is 0.151 e. The van der Waals surface area contributed by atoms with Gasteiger partial charge >= 0.3 is 0 Å². The normalized spacial score (nSPS) is 20.9. The summed E-state index contributed by atoms with van der Waals surface area (Å²) in [4.78, 5) is 2.48. The minimum absolute atomic E-state index is 0.110. The molecule has 3 aromatic carbocycles. The second kappa shape index (κ2) is 9.84. The van der Waals surface area contributed by atoms with E-state index in [1.165, 1.54) is 6.42 Å². The van der Waals surface area contributed by atoms with Crippen LogP contribution in [0, 0.1) is 5.92 Å². The summed E-state index contributed by atoms with van der Waals surface area (Å²) < 4.78 is 12.5. The summed E-state index contributed by atoms with van der Waals surface area (Å²) >= 11 is 6.88. The van der Waals surface area contributed by atoms with Gasteiger partial charge in [-0.1, -0.05) is 42.8 Å². The Bertz CT molecular complexity index is 1240. The molecule has 1 fully saturated rings. The molecular weight excluding hydrogens is 462 g/mol. The molecule has 35 heavy (non-hydrogen) atoms. The van der Waals surface area contributed by atoms with Crippen molar-refractivity contribution >= 4 is 22.2 Å². The maximum Gasteiger partial charge on any atom is 0.151 e. The minimum Gasteiger partial charge on any atom is -0.508 e. The highest BCUT2D eigenvalue weighted by Gasteiger charge is 2.31. The van der Waals surface area contributed by atoms with Gasteiger partial charge in [-0.2, -0.15) is 0 Å². The van der Waals surface area contributed by atoms with Crippen LogP contribution in [0.4, 0.5) is 0 Å². The van der Waals surface area contributed by atoms with Crippen molar-refractivity contribution in [3.8, 4) is 23.0 Å². The van der Waals surface area contributed by atoms with Crippen LogP contribution in [0.1, 0.15) is 43.1 Å². The maximum absolute atomic E-state index is 10.1. The predicted octanol–water partition coefficient (Wildman–Crippen LogP) is 6.45. The largest absolute Gasteiger partial charge is 0.508 e. The van der Waals surface area contributed by atoms with Gasteiger partial charge in [-0.05, 0) is 79.4 Å². The van der Waals surface area contributed by atoms with Crippen molar-refractivity contribution in [2.45, 2.75) is 32.4 Å². The number of halogens is 1. The Kier molecular flexibility index (Phi) is 6.63. The van der Waals surface area contributed by atoms with Gasteiger partial charge in [0.1, 0.15) is 29.6 Å². The first kappa shape index (κ1) is 23.6. The Morgan fingerprint density at radius 3 is 2.54 bits per heavy atom. The topological polar surface area (TPSA) is 62.2 Å². The SMILES string of the molecule is C[C@@H]1CCN([C@@H](C)COc2ccc(C3Oc4ccc(O)cc4C(Cl)=C3c3cccc(O)c3)cc2)C1. The van der Waals surface area contributed by atoms with E-state index in [9.17, 15) is 10.2 Å². The number of phenolic OH excluding ortho intramolecular Hbond substituents is 2. The third-order valence-corrected chi connectivity index (χ3v) is 7.26. The molecule has 2 aliphatic rings. The molecular formula is C29H30ClNO4. The predicted molar refractivity (Wildman–Crippen MR) is 139 cm³/mol. The van der Waals surface area contributed by atoms with Gasteiger partial charge in [0, 0.05) is 23.7 Å². The third kappa shape index (κ3) is 4.97. The molecule has 3 aromatic rings. The zero-order valence-electron chi connectivity index (χ0n) is 19.9. The van der Waals surface area contributed by atoms with E-state index in [1.807, 2.05) is 30.3 Å². The van der Waals surface area contributed by atoms with Crippen LogP contribution in [0.2, 0.25) is 0 Å². The molecule has 182 valence electrons. The highest BCUT2D eigenvalue weighted by molar-refractivity contribution is 6.53. The number of phenols is 2. The van der Waals surface area contributed by atoms with E-state index in [4.69, 9.17) is 21.1 Å². The summed E-state index contributed by atoms with van der Waals surface area (Å²) in [7, 11) is 0. The second-order valence-electron chi connectivity index (χ2n) is 9.57. The van der Waals surface area contributed by atoms with E-state index in [1.54, 1.807) is 36.4 Å². The minimum atomic E-state index is -0.486. The summed E-state index contributed by atoms with van der Waals surface area (Å²) in [6, 6.07) is 20.1. The first-order valence-corrected chi connectivity index (χ1v) is 12.4. The van der Waals surface area contributed by atoms with Crippen molar-refractivity contribution in [3.63, 3.8) is 0 Å². The van der Waals surface area contributed by atoms with Gasteiger partial charge in [0.05, 0.1) is 5.03 Å². The molecule has 0 bridgehead atoms. The van der Waals surface area contributed by atoms with Gasteiger partial charge in [-0.25, -0.2) is 0 Å². The summed E-state index contributed by atoms with van der Waals surface area (Å²) in [6.07, 6.45) is 0.765. The summed E-state index contributed by atoms with van der Waals surface area (Å²) in [5, 5.41) is 20.6. The van der Waals surface area contributed by atoms with Crippen LogP contribution in [0.25, 0.3) is 10.6 Å². The van der Waals surface area contributed by atoms with E-state index in [-0.39, 0.29) is 11.5 Å². The van der Waals surface area contributed by atoms with Crippen molar-refractivity contribution in [2.75, 3.05) is 19.7 Å². The van der Waals surface area contributed by atoms with E-state index in [0.717, 1.165) is 41.5 Å². The van der Waals surface area contributed by atoms with Crippen LogP contribution in [0.15, 0.2) is 66.7 Å². The van der Waals surface area contributed by atoms with Crippen LogP contribution < -0.4 is 9.47 Å². The van der Waals surface area contributed by atoms with Crippen LogP contribution in [0.5, 0.6) is 23.0 Å². The molecule has 2 aliphatic heterocycles. The van der Waals surface area contributed by atoms with Gasteiger partial charge in [-0.15, -0.1) is 0 Å². The lowest BCUT2D eigenvalue weighted by atomic mass is 9.90. The summed E-state index contributed by atoms with van der Waals surface area (Å²) in [5.74, 6) is 2.41. The lowest BCUT2D eigenvalue weighted by Gasteiger charge is -2.30. The molecule has 0 amide bonds. The van der Waals surface area contributed by atoms with Crippen LogP contribution in [-0.4, -0.2) is 40.9 Å². The van der Waals surface area contributed by atoms with Crippen molar-refractivity contribution in [1.29, 1.82) is 0 Å². The molecule has 5 nitrogen and oxygen atoms in total. The van der Waals surface area contributed by atoms with Crippen LogP contribution >= 0.6 is 11.6 Å². The number of benzene rings is 3. The van der Waals surface area contributed by atoms with Gasteiger partial charge in [0.2, 0.25) is 0 Å². The Balaban J connectivity index is 1.41. The quantitative estimate of drug-likeness (QED) is 0.415. The zero-order chi connectivity index (χ0) is 24.5. The van der Waals surface area contributed by atoms with Crippen molar-refractivity contribution < 1.29 is 19.7 Å². The average molecular weight is 492 g/mol. The fraction of sp³-hybridized carbons (Fsp3) is 0.310. The number of hydrogen-bond acceptors (Lipinski definition) is 5. The summed E-state index contributed by atoms with van der Waals surface area (Å²) in [6.45, 7) is 7.42. The molecule has 2 heterocycles. The number of likely N-dealkylation sites (tertiary alicyclic amines) is 1. The lowest BCUT2D eigenvalue weighted by Crippen LogP contribution is -2.35. The number of hydrogen-bond donors (Lipinski definition) is 2. The molecule has 0 saturated carbocycles. The Hall–Kier alpha value is -3.15. The van der Waals surface area contributed by atoms with Crippen LogP contribution in [-0.2, 0) is 0 Å². The highest BCUT2D eigenvalue weighted by atomic mass is 35.5. The number of rotatable bonds is 6. The van der Waals surface area contributed by atoms with E-state index >= 15 is 0 Å². The molecule has 5 rings (SSSR count). The molecule has 0 aromatic heterocycles. The van der Waals surface area contributed by atoms with E-state index in [2.05, 4.69) is 18.7 Å². The number of nitrogens with zero attached hydrogens (tertiary/aromatic N) is 1. The highest BCUT2D eigenvalue weighted by Crippen LogP contribution is 2.49. The van der Waals surface area contributed by atoms with Gasteiger partial charge in [-0.3, -0.25) is 4.90 Å². The molecule has 1 saturated heterocycles. The van der Waals surface area contributed by atoms with Crippen LogP contribution in [0.3, 0.4) is 0 Å². The van der Waals surface area contributed by atoms with E-state index < -0.39 is 6.10 Å². The molecule has 3 atom stereocenters. The number of aromatic hydroxyl groups is 2. The third-order valence-electron chi connectivity index (χ3n) is 6.85. The average Bonchev–Trinajstić information content (AvgIpc) is 3.29. The molecule has 1 unspecified atom stereocenters. The molecule has 0 spiro atoms. The summed E-state index contributed by atoms with van der Waals surface area (Å²) in [5.41, 5.74) is 3.01. The molecule has 6 heteroatoms.